The van der Waals surface area contributed by atoms with Crippen molar-refractivity contribution in [1.82, 2.24) is 0 Å². The maximum Gasteiger partial charge on any atom is 0.296 e. The third-order valence-electron chi connectivity index (χ3n) is 3.01. The standard InChI is InChI=1S/C15H11Cl2FN2O/c16-12-2-1-3-13(17)14(12)20(15-19-8-9-21-15)11-6-4-10(18)5-7-11/h1-7H,8-9H2. The van der Waals surface area contributed by atoms with Crippen LogP contribution in [-0.2, 0) is 4.74 Å². The molecule has 1 heterocycles. The lowest BCUT2D eigenvalue weighted by Gasteiger charge is -2.25. The van der Waals surface area contributed by atoms with Crippen LogP contribution in [-0.4, -0.2) is 19.2 Å². The largest absolute Gasteiger partial charge is 0.463 e. The lowest BCUT2D eigenvalue weighted by molar-refractivity contribution is 0.342. The number of para-hydroxylation sites is 1. The van der Waals surface area contributed by atoms with Crippen LogP contribution < -0.4 is 4.90 Å². The molecule has 0 saturated heterocycles. The van der Waals surface area contributed by atoms with E-state index in [1.54, 1.807) is 35.2 Å². The number of nitrogens with zero attached hydrogens (tertiary/aromatic N) is 2. The van der Waals surface area contributed by atoms with Gasteiger partial charge in [-0.15, -0.1) is 0 Å². The first-order valence-corrected chi connectivity index (χ1v) is 7.09. The molecule has 2 aromatic rings. The Kier molecular flexibility index (Phi) is 3.99. The number of halogens is 3. The highest BCUT2D eigenvalue weighted by molar-refractivity contribution is 6.40. The average molecular weight is 325 g/mol. The van der Waals surface area contributed by atoms with Crippen LogP contribution >= 0.6 is 23.2 Å². The first kappa shape index (κ1) is 14.2. The number of amidine groups is 1. The number of benzene rings is 2. The number of rotatable bonds is 2. The minimum Gasteiger partial charge on any atom is -0.463 e. The Morgan fingerprint density at radius 2 is 1.71 bits per heavy atom. The third-order valence-corrected chi connectivity index (χ3v) is 3.62. The number of aliphatic imine (C=N–C) groups is 1. The molecule has 0 N–H and O–H groups in total. The lowest BCUT2D eigenvalue weighted by atomic mass is 10.2. The van der Waals surface area contributed by atoms with Crippen molar-refractivity contribution in [3.63, 3.8) is 0 Å². The van der Waals surface area contributed by atoms with Crippen LogP contribution in [0, 0.1) is 5.82 Å². The van der Waals surface area contributed by atoms with E-state index in [1.807, 2.05) is 0 Å². The molecule has 0 radical (unpaired) electrons. The van der Waals surface area contributed by atoms with Crippen LogP contribution in [0.2, 0.25) is 10.0 Å². The molecule has 0 unspecified atom stereocenters. The Morgan fingerprint density at radius 1 is 1.05 bits per heavy atom. The Labute approximate surface area is 131 Å². The highest BCUT2D eigenvalue weighted by atomic mass is 35.5. The molecule has 0 bridgehead atoms. The van der Waals surface area contributed by atoms with E-state index in [9.17, 15) is 4.39 Å². The van der Waals surface area contributed by atoms with Gasteiger partial charge in [-0.3, -0.25) is 4.90 Å². The summed E-state index contributed by atoms with van der Waals surface area (Å²) in [7, 11) is 0. The van der Waals surface area contributed by atoms with Crippen LogP contribution in [0.4, 0.5) is 15.8 Å². The molecule has 0 aromatic heterocycles. The van der Waals surface area contributed by atoms with Crippen molar-refractivity contribution in [2.75, 3.05) is 18.1 Å². The van der Waals surface area contributed by atoms with Crippen molar-refractivity contribution in [3.8, 4) is 0 Å². The molecule has 2 aromatic carbocycles. The molecule has 108 valence electrons. The monoisotopic (exact) mass is 324 g/mol. The zero-order valence-corrected chi connectivity index (χ0v) is 12.4. The Hall–Kier alpha value is -1.78. The number of anilines is 2. The summed E-state index contributed by atoms with van der Waals surface area (Å²) in [6.07, 6.45) is 0. The van der Waals surface area contributed by atoms with Crippen molar-refractivity contribution < 1.29 is 9.13 Å². The number of hydrogen-bond donors (Lipinski definition) is 0. The maximum absolute atomic E-state index is 13.2. The van der Waals surface area contributed by atoms with E-state index in [1.165, 1.54) is 12.1 Å². The smallest absolute Gasteiger partial charge is 0.296 e. The van der Waals surface area contributed by atoms with E-state index < -0.39 is 0 Å². The second-order valence-electron chi connectivity index (χ2n) is 4.39. The van der Waals surface area contributed by atoms with Gasteiger partial charge < -0.3 is 4.74 Å². The molecule has 6 heteroatoms. The Bertz CT molecular complexity index is 668. The van der Waals surface area contributed by atoms with Gasteiger partial charge in [-0.05, 0) is 36.4 Å². The fraction of sp³-hybridized carbons (Fsp3) is 0.133. The summed E-state index contributed by atoms with van der Waals surface area (Å²) < 4.78 is 18.7. The maximum atomic E-state index is 13.2. The van der Waals surface area contributed by atoms with E-state index in [0.29, 0.717) is 40.6 Å². The summed E-state index contributed by atoms with van der Waals surface area (Å²) in [5, 5.41) is 0.926. The zero-order chi connectivity index (χ0) is 14.8. The van der Waals surface area contributed by atoms with E-state index >= 15 is 0 Å². The molecule has 1 aliphatic rings. The van der Waals surface area contributed by atoms with Gasteiger partial charge in [0.25, 0.3) is 6.02 Å². The molecule has 0 fully saturated rings. The topological polar surface area (TPSA) is 24.8 Å². The molecule has 0 amide bonds. The highest BCUT2D eigenvalue weighted by Crippen LogP contribution is 2.38. The average Bonchev–Trinajstić information content (AvgIpc) is 2.98. The highest BCUT2D eigenvalue weighted by Gasteiger charge is 2.24. The minimum absolute atomic E-state index is 0.321. The third kappa shape index (κ3) is 2.82. The Morgan fingerprint density at radius 3 is 2.29 bits per heavy atom. The van der Waals surface area contributed by atoms with E-state index in [-0.39, 0.29) is 5.82 Å². The quantitative estimate of drug-likeness (QED) is 0.802. The van der Waals surface area contributed by atoms with Crippen LogP contribution in [0.15, 0.2) is 47.5 Å². The predicted octanol–water partition coefficient (Wildman–Crippen LogP) is 4.66. The first-order valence-electron chi connectivity index (χ1n) is 6.34. The second kappa shape index (κ2) is 5.92. The summed E-state index contributed by atoms with van der Waals surface area (Å²) in [5.41, 5.74) is 1.24. The first-order chi connectivity index (χ1) is 10.2. The number of hydrogen-bond acceptors (Lipinski definition) is 3. The molecule has 0 saturated carbocycles. The van der Waals surface area contributed by atoms with Gasteiger partial charge >= 0.3 is 0 Å². The summed E-state index contributed by atoms with van der Waals surface area (Å²) in [6.45, 7) is 1.06. The van der Waals surface area contributed by atoms with Gasteiger partial charge in [0, 0.05) is 0 Å². The summed E-state index contributed by atoms with van der Waals surface area (Å²) in [6, 6.07) is 11.6. The SMILES string of the molecule is Fc1ccc(N(C2=NCCO2)c2c(Cl)cccc2Cl)cc1. The van der Waals surface area contributed by atoms with Crippen LogP contribution in [0.25, 0.3) is 0 Å². The van der Waals surface area contributed by atoms with Gasteiger partial charge in [0.05, 0.1) is 28.0 Å². The van der Waals surface area contributed by atoms with Gasteiger partial charge in [-0.25, -0.2) is 9.38 Å². The number of ether oxygens (including phenoxy) is 1. The molecular formula is C15H11Cl2FN2O. The van der Waals surface area contributed by atoms with Crippen molar-refractivity contribution in [3.05, 3.63) is 58.3 Å². The van der Waals surface area contributed by atoms with Gasteiger partial charge in [-0.1, -0.05) is 29.3 Å². The molecular weight excluding hydrogens is 314 g/mol. The van der Waals surface area contributed by atoms with Crippen LogP contribution in [0.3, 0.4) is 0 Å². The zero-order valence-electron chi connectivity index (χ0n) is 10.9. The van der Waals surface area contributed by atoms with E-state index in [2.05, 4.69) is 4.99 Å². The molecule has 3 rings (SSSR count). The summed E-state index contributed by atoms with van der Waals surface area (Å²) in [4.78, 5) is 5.99. The van der Waals surface area contributed by atoms with Crippen LogP contribution in [0.5, 0.6) is 0 Å². The predicted molar refractivity (Wildman–Crippen MR) is 83.3 cm³/mol. The van der Waals surface area contributed by atoms with Crippen LogP contribution in [0.1, 0.15) is 0 Å². The summed E-state index contributed by atoms with van der Waals surface area (Å²) in [5.74, 6) is -0.321. The van der Waals surface area contributed by atoms with Crippen molar-refractivity contribution in [2.24, 2.45) is 4.99 Å². The molecule has 0 atom stereocenters. The normalized spacial score (nSPS) is 13.8. The molecule has 21 heavy (non-hydrogen) atoms. The van der Waals surface area contributed by atoms with Gasteiger partial charge in [0.15, 0.2) is 0 Å². The molecule has 0 aliphatic carbocycles. The fourth-order valence-electron chi connectivity index (χ4n) is 2.09. The van der Waals surface area contributed by atoms with Gasteiger partial charge in [0.2, 0.25) is 0 Å². The van der Waals surface area contributed by atoms with Crippen molar-refractivity contribution >= 4 is 40.6 Å². The Balaban J connectivity index is 2.15. The van der Waals surface area contributed by atoms with E-state index in [4.69, 9.17) is 27.9 Å². The molecule has 1 aliphatic heterocycles. The second-order valence-corrected chi connectivity index (χ2v) is 5.21. The van der Waals surface area contributed by atoms with Gasteiger partial charge in [-0.2, -0.15) is 0 Å². The summed E-state index contributed by atoms with van der Waals surface area (Å²) >= 11 is 12.5. The van der Waals surface area contributed by atoms with E-state index in [0.717, 1.165) is 0 Å². The van der Waals surface area contributed by atoms with Crippen molar-refractivity contribution in [2.45, 2.75) is 0 Å². The lowest BCUT2D eigenvalue weighted by Crippen LogP contribution is -2.26. The molecule has 0 spiro atoms. The van der Waals surface area contributed by atoms with Gasteiger partial charge in [0.1, 0.15) is 12.4 Å². The molecule has 3 nitrogen and oxygen atoms in total. The fourth-order valence-corrected chi connectivity index (χ4v) is 2.65. The van der Waals surface area contributed by atoms with Crippen molar-refractivity contribution in [1.29, 1.82) is 0 Å². The minimum atomic E-state index is -0.321.